The molecule has 2 N–H and O–H groups in total. The number of aliphatic hydroxyl groups is 1. The number of aliphatic hydroxyl groups excluding tert-OH is 1. The van der Waals surface area contributed by atoms with Crippen LogP contribution in [0.15, 0.2) is 48.5 Å². The lowest BCUT2D eigenvalue weighted by atomic mass is 10.0. The van der Waals surface area contributed by atoms with Crippen LogP contribution in [0.2, 0.25) is 0 Å². The van der Waals surface area contributed by atoms with Crippen molar-refractivity contribution in [3.63, 3.8) is 0 Å². The molecular formula is C20H28ClNO3. The van der Waals surface area contributed by atoms with Crippen LogP contribution in [0.3, 0.4) is 0 Å². The van der Waals surface area contributed by atoms with E-state index in [1.54, 1.807) is 7.11 Å². The normalized spacial score (nSPS) is 12.8. The Labute approximate surface area is 156 Å². The quantitative estimate of drug-likeness (QED) is 0.710. The standard InChI is InChI=1S/C20H27NO3.ClH/c1-4-16-5-7-17(8-6-16)15(2)21-13-18(22)14-24-20-11-9-19(23-3)10-12-20;/h5-12,15,18,21-22H,4,13-14H2,1-3H3;1H. The second-order valence-corrected chi connectivity index (χ2v) is 5.87. The van der Waals surface area contributed by atoms with Gasteiger partial charge in [0.1, 0.15) is 24.2 Å². The van der Waals surface area contributed by atoms with Crippen LogP contribution in [0.5, 0.6) is 11.5 Å². The predicted molar refractivity (Wildman–Crippen MR) is 104 cm³/mol. The maximum atomic E-state index is 10.1. The van der Waals surface area contributed by atoms with Crippen molar-refractivity contribution >= 4 is 12.4 Å². The zero-order chi connectivity index (χ0) is 17.4. The summed E-state index contributed by atoms with van der Waals surface area (Å²) in [5.41, 5.74) is 2.55. The summed E-state index contributed by atoms with van der Waals surface area (Å²) in [5, 5.41) is 13.4. The van der Waals surface area contributed by atoms with Gasteiger partial charge in [0.15, 0.2) is 0 Å². The van der Waals surface area contributed by atoms with Crippen LogP contribution in [-0.2, 0) is 6.42 Å². The van der Waals surface area contributed by atoms with E-state index in [1.165, 1.54) is 11.1 Å². The minimum Gasteiger partial charge on any atom is -0.497 e. The van der Waals surface area contributed by atoms with Gasteiger partial charge in [0.25, 0.3) is 0 Å². The Morgan fingerprint density at radius 2 is 1.60 bits per heavy atom. The average molecular weight is 366 g/mol. The first-order valence-electron chi connectivity index (χ1n) is 8.39. The van der Waals surface area contributed by atoms with Crippen LogP contribution < -0.4 is 14.8 Å². The molecule has 0 heterocycles. The number of hydrogen-bond donors (Lipinski definition) is 2. The number of aryl methyl sites for hydroxylation is 1. The monoisotopic (exact) mass is 365 g/mol. The van der Waals surface area contributed by atoms with Crippen LogP contribution in [0.25, 0.3) is 0 Å². The lowest BCUT2D eigenvalue weighted by Crippen LogP contribution is -2.33. The lowest BCUT2D eigenvalue weighted by molar-refractivity contribution is 0.104. The number of hydrogen-bond acceptors (Lipinski definition) is 4. The van der Waals surface area contributed by atoms with Crippen molar-refractivity contribution in [2.75, 3.05) is 20.3 Å². The molecule has 0 aromatic heterocycles. The molecule has 2 aromatic rings. The molecule has 25 heavy (non-hydrogen) atoms. The summed E-state index contributed by atoms with van der Waals surface area (Å²) in [4.78, 5) is 0. The van der Waals surface area contributed by atoms with Gasteiger partial charge in [-0.05, 0) is 48.7 Å². The smallest absolute Gasteiger partial charge is 0.119 e. The van der Waals surface area contributed by atoms with Gasteiger partial charge >= 0.3 is 0 Å². The van der Waals surface area contributed by atoms with Gasteiger partial charge in [-0.2, -0.15) is 0 Å². The summed E-state index contributed by atoms with van der Waals surface area (Å²) in [5.74, 6) is 1.51. The molecular weight excluding hydrogens is 338 g/mol. The maximum Gasteiger partial charge on any atom is 0.119 e. The number of halogens is 1. The third-order valence-electron chi connectivity index (χ3n) is 4.05. The number of ether oxygens (including phenoxy) is 2. The van der Waals surface area contributed by atoms with E-state index in [0.29, 0.717) is 6.54 Å². The largest absolute Gasteiger partial charge is 0.497 e. The van der Waals surface area contributed by atoms with Gasteiger partial charge in [0.05, 0.1) is 7.11 Å². The number of benzene rings is 2. The van der Waals surface area contributed by atoms with E-state index < -0.39 is 6.10 Å². The molecule has 2 unspecified atom stereocenters. The van der Waals surface area contributed by atoms with E-state index in [0.717, 1.165) is 17.9 Å². The molecule has 2 atom stereocenters. The molecule has 0 aliphatic rings. The molecule has 0 spiro atoms. The van der Waals surface area contributed by atoms with E-state index in [9.17, 15) is 5.11 Å². The molecule has 2 aromatic carbocycles. The fourth-order valence-electron chi connectivity index (χ4n) is 2.40. The van der Waals surface area contributed by atoms with Gasteiger partial charge in [-0.15, -0.1) is 12.4 Å². The highest BCUT2D eigenvalue weighted by Crippen LogP contribution is 2.17. The van der Waals surface area contributed by atoms with Crippen LogP contribution >= 0.6 is 12.4 Å². The van der Waals surface area contributed by atoms with E-state index in [1.807, 2.05) is 24.3 Å². The molecule has 4 nitrogen and oxygen atoms in total. The third-order valence-corrected chi connectivity index (χ3v) is 4.05. The molecule has 2 rings (SSSR count). The first kappa shape index (κ1) is 21.3. The van der Waals surface area contributed by atoms with Crippen molar-refractivity contribution in [3.05, 3.63) is 59.7 Å². The highest BCUT2D eigenvalue weighted by molar-refractivity contribution is 5.85. The molecule has 0 aliphatic heterocycles. The van der Waals surface area contributed by atoms with E-state index in [2.05, 4.69) is 43.4 Å². The zero-order valence-electron chi connectivity index (χ0n) is 15.1. The summed E-state index contributed by atoms with van der Waals surface area (Å²) in [6.45, 7) is 4.97. The molecule has 0 aliphatic carbocycles. The molecule has 0 fully saturated rings. The Kier molecular flexibility index (Phi) is 9.35. The van der Waals surface area contributed by atoms with Crippen LogP contribution in [-0.4, -0.2) is 31.5 Å². The fourth-order valence-corrected chi connectivity index (χ4v) is 2.40. The highest BCUT2D eigenvalue weighted by atomic mass is 35.5. The van der Waals surface area contributed by atoms with Crippen LogP contribution in [0.1, 0.15) is 31.0 Å². The molecule has 0 saturated carbocycles. The molecule has 0 saturated heterocycles. The van der Waals surface area contributed by atoms with Crippen LogP contribution in [0.4, 0.5) is 0 Å². The first-order valence-corrected chi connectivity index (χ1v) is 8.39. The Hall–Kier alpha value is -1.75. The van der Waals surface area contributed by atoms with Gasteiger partial charge in [-0.25, -0.2) is 0 Å². The van der Waals surface area contributed by atoms with Gasteiger partial charge in [0.2, 0.25) is 0 Å². The summed E-state index contributed by atoms with van der Waals surface area (Å²) < 4.78 is 10.7. The average Bonchev–Trinajstić information content (AvgIpc) is 2.64. The lowest BCUT2D eigenvalue weighted by Gasteiger charge is -2.18. The van der Waals surface area contributed by atoms with Crippen molar-refractivity contribution in [1.82, 2.24) is 5.32 Å². The maximum absolute atomic E-state index is 10.1. The third kappa shape index (κ3) is 6.94. The summed E-state index contributed by atoms with van der Waals surface area (Å²) >= 11 is 0. The van der Waals surface area contributed by atoms with Crippen molar-refractivity contribution < 1.29 is 14.6 Å². The van der Waals surface area contributed by atoms with Gasteiger partial charge in [-0.3, -0.25) is 0 Å². The molecule has 0 radical (unpaired) electrons. The Balaban J connectivity index is 0.00000312. The second-order valence-electron chi connectivity index (χ2n) is 5.87. The minimum absolute atomic E-state index is 0. The molecule has 138 valence electrons. The number of methoxy groups -OCH3 is 1. The topological polar surface area (TPSA) is 50.7 Å². The Morgan fingerprint density at radius 3 is 2.16 bits per heavy atom. The first-order chi connectivity index (χ1) is 11.6. The molecule has 0 bridgehead atoms. The SMILES string of the molecule is CCc1ccc(C(C)NCC(O)COc2ccc(OC)cc2)cc1.Cl. The van der Waals surface area contributed by atoms with E-state index >= 15 is 0 Å². The van der Waals surface area contributed by atoms with Crippen molar-refractivity contribution in [2.45, 2.75) is 32.4 Å². The minimum atomic E-state index is -0.565. The van der Waals surface area contributed by atoms with Gasteiger partial charge in [0, 0.05) is 12.6 Å². The fraction of sp³-hybridized carbons (Fsp3) is 0.400. The summed E-state index contributed by atoms with van der Waals surface area (Å²) in [7, 11) is 1.63. The van der Waals surface area contributed by atoms with Crippen molar-refractivity contribution in [3.8, 4) is 11.5 Å². The van der Waals surface area contributed by atoms with Gasteiger partial charge in [-0.1, -0.05) is 31.2 Å². The highest BCUT2D eigenvalue weighted by Gasteiger charge is 2.09. The Bertz CT molecular complexity index is 601. The number of rotatable bonds is 9. The molecule has 5 heteroatoms. The van der Waals surface area contributed by atoms with E-state index in [4.69, 9.17) is 9.47 Å². The number of nitrogens with one attached hydrogen (secondary N) is 1. The summed E-state index contributed by atoms with van der Waals surface area (Å²) in [6.07, 6.45) is 0.480. The zero-order valence-corrected chi connectivity index (χ0v) is 15.9. The second kappa shape index (κ2) is 11.0. The van der Waals surface area contributed by atoms with Gasteiger partial charge < -0.3 is 19.9 Å². The predicted octanol–water partition coefficient (Wildman–Crippen LogP) is 3.77. The van der Waals surface area contributed by atoms with Crippen molar-refractivity contribution in [1.29, 1.82) is 0 Å². The summed E-state index contributed by atoms with van der Waals surface area (Å²) in [6, 6.07) is 16.1. The Morgan fingerprint density at radius 1 is 1.00 bits per heavy atom. The van der Waals surface area contributed by atoms with Crippen molar-refractivity contribution in [2.24, 2.45) is 0 Å². The van der Waals surface area contributed by atoms with Crippen LogP contribution in [0, 0.1) is 0 Å². The molecule has 0 amide bonds. The van der Waals surface area contributed by atoms with E-state index in [-0.39, 0.29) is 25.1 Å².